The molecule has 2 aromatic rings. The van der Waals surface area contributed by atoms with Gasteiger partial charge < -0.3 is 19.9 Å². The minimum atomic E-state index is 0.735. The molecule has 0 unspecified atom stereocenters. The van der Waals surface area contributed by atoms with Gasteiger partial charge in [-0.2, -0.15) is 0 Å². The minimum absolute atomic E-state index is 0.735. The highest BCUT2D eigenvalue weighted by Crippen LogP contribution is 2.24. The first-order valence-corrected chi connectivity index (χ1v) is 10.9. The summed E-state index contributed by atoms with van der Waals surface area (Å²) >= 11 is 1.76. The molecule has 1 aromatic heterocycles. The first-order valence-electron chi connectivity index (χ1n) is 10.0. The van der Waals surface area contributed by atoms with Gasteiger partial charge in [0, 0.05) is 51.6 Å². The number of anilines is 1. The predicted octanol–water partition coefficient (Wildman–Crippen LogP) is 3.39. The van der Waals surface area contributed by atoms with E-state index in [9.17, 15) is 0 Å². The highest BCUT2D eigenvalue weighted by molar-refractivity contribution is 7.13. The summed E-state index contributed by atoms with van der Waals surface area (Å²) in [7, 11) is 3.76. The molecule has 0 saturated carbocycles. The number of nitrogens with zero attached hydrogens (tertiary/aromatic N) is 4. The van der Waals surface area contributed by atoms with E-state index in [-0.39, 0.29) is 0 Å². The number of ether oxygens (including phenoxy) is 1. The van der Waals surface area contributed by atoms with Gasteiger partial charge in [0.1, 0.15) is 5.75 Å². The second-order valence-corrected chi connectivity index (χ2v) is 7.84. The molecule has 1 N–H and O–H groups in total. The number of rotatable bonds is 8. The molecule has 0 amide bonds. The molecule has 3 rings (SSSR count). The molecule has 6 nitrogen and oxygen atoms in total. The average Bonchev–Trinajstić information content (AvgIpc) is 3.39. The van der Waals surface area contributed by atoms with Crippen molar-refractivity contribution in [3.8, 4) is 5.75 Å². The second kappa shape index (κ2) is 10.3. The quantitative estimate of drug-likeness (QED) is 0.543. The number of hydrogen-bond donors (Lipinski definition) is 1. The fraction of sp³-hybridized carbons (Fsp3) is 0.524. The van der Waals surface area contributed by atoms with Crippen molar-refractivity contribution in [3.05, 3.63) is 40.9 Å². The lowest BCUT2D eigenvalue weighted by atomic mass is 10.2. The minimum Gasteiger partial charge on any atom is -0.497 e. The summed E-state index contributed by atoms with van der Waals surface area (Å²) in [6.07, 6.45) is 3.44. The fourth-order valence-corrected chi connectivity index (χ4v) is 4.20. The van der Waals surface area contributed by atoms with Crippen LogP contribution in [0.5, 0.6) is 5.75 Å². The Labute approximate surface area is 172 Å². The highest BCUT2D eigenvalue weighted by atomic mass is 32.1. The largest absolute Gasteiger partial charge is 0.497 e. The van der Waals surface area contributed by atoms with Crippen LogP contribution in [0.15, 0.2) is 34.6 Å². The molecule has 1 fully saturated rings. The number of guanidine groups is 1. The third-order valence-electron chi connectivity index (χ3n) is 4.82. The lowest BCUT2D eigenvalue weighted by Gasteiger charge is -2.22. The normalized spacial score (nSPS) is 14.4. The van der Waals surface area contributed by atoms with E-state index in [0.29, 0.717) is 0 Å². The van der Waals surface area contributed by atoms with Gasteiger partial charge in [-0.1, -0.05) is 12.1 Å². The van der Waals surface area contributed by atoms with E-state index in [0.717, 1.165) is 56.5 Å². The van der Waals surface area contributed by atoms with Crippen LogP contribution in [0, 0.1) is 0 Å². The van der Waals surface area contributed by atoms with Crippen LogP contribution in [0.1, 0.15) is 31.0 Å². The topological polar surface area (TPSA) is 53.0 Å². The van der Waals surface area contributed by atoms with Gasteiger partial charge in [0.05, 0.1) is 12.8 Å². The zero-order valence-electron chi connectivity index (χ0n) is 17.1. The monoisotopic (exact) mass is 401 g/mol. The Bertz CT molecular complexity index is 752. The second-order valence-electron chi connectivity index (χ2n) is 7.01. The lowest BCUT2D eigenvalue weighted by Crippen LogP contribution is -2.38. The Morgan fingerprint density at radius 1 is 1.29 bits per heavy atom. The molecule has 2 heterocycles. The van der Waals surface area contributed by atoms with Crippen molar-refractivity contribution in [2.45, 2.75) is 32.7 Å². The molecule has 152 valence electrons. The van der Waals surface area contributed by atoms with Gasteiger partial charge in [-0.25, -0.2) is 4.98 Å². The Balaban J connectivity index is 1.55. The lowest BCUT2D eigenvalue weighted by molar-refractivity contribution is 0.414. The summed E-state index contributed by atoms with van der Waals surface area (Å²) < 4.78 is 5.23. The van der Waals surface area contributed by atoms with E-state index in [4.69, 9.17) is 14.7 Å². The molecular weight excluding hydrogens is 370 g/mol. The summed E-state index contributed by atoms with van der Waals surface area (Å²) in [4.78, 5) is 14.1. The average molecular weight is 402 g/mol. The number of nitrogens with one attached hydrogen (secondary N) is 1. The van der Waals surface area contributed by atoms with Crippen LogP contribution in [0.4, 0.5) is 5.13 Å². The molecule has 28 heavy (non-hydrogen) atoms. The van der Waals surface area contributed by atoms with E-state index >= 15 is 0 Å². The van der Waals surface area contributed by atoms with Gasteiger partial charge in [0.2, 0.25) is 0 Å². The summed E-state index contributed by atoms with van der Waals surface area (Å²) in [6.45, 7) is 6.77. The Kier molecular flexibility index (Phi) is 7.54. The SMILES string of the molecule is CCNC(=NCCc1csc(N2CCCC2)n1)N(C)Cc1ccc(OC)cc1. The Hall–Kier alpha value is -2.28. The summed E-state index contributed by atoms with van der Waals surface area (Å²) in [5.41, 5.74) is 2.37. The van der Waals surface area contributed by atoms with E-state index in [1.807, 2.05) is 12.1 Å². The van der Waals surface area contributed by atoms with Crippen molar-refractivity contribution >= 4 is 22.4 Å². The first-order chi connectivity index (χ1) is 13.7. The maximum absolute atomic E-state index is 5.23. The van der Waals surface area contributed by atoms with Crippen LogP contribution in [0.2, 0.25) is 0 Å². The van der Waals surface area contributed by atoms with E-state index < -0.39 is 0 Å². The van der Waals surface area contributed by atoms with Crippen molar-refractivity contribution in [2.24, 2.45) is 4.99 Å². The molecule has 0 aliphatic carbocycles. The third-order valence-corrected chi connectivity index (χ3v) is 5.77. The van der Waals surface area contributed by atoms with Gasteiger partial charge in [0.25, 0.3) is 0 Å². The number of benzene rings is 1. The maximum Gasteiger partial charge on any atom is 0.193 e. The van der Waals surface area contributed by atoms with Gasteiger partial charge in [0.15, 0.2) is 11.1 Å². The molecule has 0 bridgehead atoms. The zero-order valence-corrected chi connectivity index (χ0v) is 18.0. The standard InChI is InChI=1S/C21H31N5OS/c1-4-22-20(25(2)15-17-7-9-19(27-3)10-8-17)23-12-11-18-16-28-21(24-18)26-13-5-6-14-26/h7-10,16H,4-6,11-15H2,1-3H3,(H,22,23). The first kappa shape index (κ1) is 20.5. The molecule has 1 aliphatic heterocycles. The molecule has 0 atom stereocenters. The number of aliphatic imine (C=N–C) groups is 1. The molecule has 1 aromatic carbocycles. The van der Waals surface area contributed by atoms with Crippen molar-refractivity contribution in [1.29, 1.82) is 0 Å². The fourth-order valence-electron chi connectivity index (χ4n) is 3.29. The van der Waals surface area contributed by atoms with Crippen LogP contribution in [0.25, 0.3) is 0 Å². The van der Waals surface area contributed by atoms with Crippen molar-refractivity contribution in [3.63, 3.8) is 0 Å². The van der Waals surface area contributed by atoms with Crippen molar-refractivity contribution in [1.82, 2.24) is 15.2 Å². The molecular formula is C21H31N5OS. The van der Waals surface area contributed by atoms with Gasteiger partial charge in [-0.05, 0) is 37.5 Å². The number of aromatic nitrogens is 1. The Morgan fingerprint density at radius 2 is 2.04 bits per heavy atom. The van der Waals surface area contributed by atoms with Crippen LogP contribution < -0.4 is 15.0 Å². The van der Waals surface area contributed by atoms with Gasteiger partial charge >= 0.3 is 0 Å². The molecule has 1 saturated heterocycles. The summed E-state index contributed by atoms with van der Waals surface area (Å²) in [5.74, 6) is 1.80. The van der Waals surface area contributed by atoms with E-state index in [1.165, 1.54) is 23.5 Å². The van der Waals surface area contributed by atoms with E-state index in [1.54, 1.807) is 18.4 Å². The molecule has 0 radical (unpaired) electrons. The maximum atomic E-state index is 5.23. The zero-order chi connectivity index (χ0) is 19.8. The van der Waals surface area contributed by atoms with Crippen LogP contribution >= 0.6 is 11.3 Å². The summed E-state index contributed by atoms with van der Waals surface area (Å²) in [5, 5.41) is 6.73. The van der Waals surface area contributed by atoms with Crippen molar-refractivity contribution in [2.75, 3.05) is 45.2 Å². The van der Waals surface area contributed by atoms with E-state index in [2.05, 4.69) is 46.6 Å². The highest BCUT2D eigenvalue weighted by Gasteiger charge is 2.15. The molecule has 0 spiro atoms. The number of methoxy groups -OCH3 is 1. The summed E-state index contributed by atoms with van der Waals surface area (Å²) in [6, 6.07) is 8.17. The van der Waals surface area contributed by atoms with Gasteiger partial charge in [-0.3, -0.25) is 4.99 Å². The number of hydrogen-bond acceptors (Lipinski definition) is 5. The molecule has 7 heteroatoms. The van der Waals surface area contributed by atoms with Crippen LogP contribution in [-0.4, -0.2) is 56.2 Å². The smallest absolute Gasteiger partial charge is 0.193 e. The van der Waals surface area contributed by atoms with Crippen LogP contribution in [0.3, 0.4) is 0 Å². The van der Waals surface area contributed by atoms with Crippen LogP contribution in [-0.2, 0) is 13.0 Å². The van der Waals surface area contributed by atoms with Crippen molar-refractivity contribution < 1.29 is 4.74 Å². The third kappa shape index (κ3) is 5.61. The Morgan fingerprint density at radius 3 is 2.71 bits per heavy atom. The molecule has 1 aliphatic rings. The van der Waals surface area contributed by atoms with Gasteiger partial charge in [-0.15, -0.1) is 11.3 Å². The number of thiazole rings is 1. The predicted molar refractivity (Wildman–Crippen MR) is 118 cm³/mol.